The van der Waals surface area contributed by atoms with E-state index in [1.807, 2.05) is 24.3 Å². The summed E-state index contributed by atoms with van der Waals surface area (Å²) in [5, 5.41) is 9.11. The SMILES string of the molecule is C=C(C(=Nc1ccc(C(=O)O)cc1N)c1ccc(OC)cc1)N(CC)CC. The van der Waals surface area contributed by atoms with Gasteiger partial charge in [-0.3, -0.25) is 0 Å². The van der Waals surface area contributed by atoms with Crippen molar-refractivity contribution in [3.05, 3.63) is 65.9 Å². The van der Waals surface area contributed by atoms with E-state index in [1.54, 1.807) is 13.2 Å². The molecule has 0 saturated heterocycles. The van der Waals surface area contributed by atoms with Gasteiger partial charge in [0, 0.05) is 18.7 Å². The summed E-state index contributed by atoms with van der Waals surface area (Å²) in [6.45, 7) is 9.90. The Labute approximate surface area is 159 Å². The molecule has 0 amide bonds. The summed E-state index contributed by atoms with van der Waals surface area (Å²) in [6, 6.07) is 12.0. The van der Waals surface area contributed by atoms with Crippen LogP contribution in [0.15, 0.2) is 59.7 Å². The second kappa shape index (κ2) is 8.89. The zero-order valence-corrected chi connectivity index (χ0v) is 15.9. The second-order valence-electron chi connectivity index (χ2n) is 5.89. The van der Waals surface area contributed by atoms with Gasteiger partial charge in [-0.05, 0) is 56.3 Å². The predicted molar refractivity (Wildman–Crippen MR) is 109 cm³/mol. The lowest BCUT2D eigenvalue weighted by Gasteiger charge is -2.25. The highest BCUT2D eigenvalue weighted by molar-refractivity contribution is 6.13. The quantitative estimate of drug-likeness (QED) is 0.545. The number of nitrogen functional groups attached to an aromatic ring is 1. The number of benzene rings is 2. The average molecular weight is 367 g/mol. The Kier molecular flexibility index (Phi) is 6.60. The first kappa shape index (κ1) is 20.0. The van der Waals surface area contributed by atoms with Crippen LogP contribution in [0.4, 0.5) is 11.4 Å². The fourth-order valence-corrected chi connectivity index (χ4v) is 2.71. The summed E-state index contributed by atoms with van der Waals surface area (Å²) in [5.41, 5.74) is 9.28. The number of carboxylic acids is 1. The van der Waals surface area contributed by atoms with E-state index >= 15 is 0 Å². The fraction of sp³-hybridized carbons (Fsp3) is 0.238. The zero-order chi connectivity index (χ0) is 20.0. The van der Waals surface area contributed by atoms with Gasteiger partial charge in [-0.25, -0.2) is 9.79 Å². The lowest BCUT2D eigenvalue weighted by molar-refractivity contribution is 0.0697. The van der Waals surface area contributed by atoms with Crippen LogP contribution in [0.1, 0.15) is 29.8 Å². The standard InChI is InChI=1S/C21H25N3O3/c1-5-24(6-2)14(3)20(15-7-10-17(27-4)11-8-15)23-19-12-9-16(21(25)26)13-18(19)22/h7-13H,3,5-6,22H2,1-2,4H3,(H,25,26). The van der Waals surface area contributed by atoms with Crippen LogP contribution in [0.2, 0.25) is 0 Å². The van der Waals surface area contributed by atoms with E-state index in [-0.39, 0.29) is 5.56 Å². The van der Waals surface area contributed by atoms with Crippen molar-refractivity contribution >= 4 is 23.1 Å². The van der Waals surface area contributed by atoms with Crippen LogP contribution in [0.3, 0.4) is 0 Å². The molecule has 6 nitrogen and oxygen atoms in total. The van der Waals surface area contributed by atoms with Crippen molar-refractivity contribution in [1.29, 1.82) is 0 Å². The smallest absolute Gasteiger partial charge is 0.335 e. The minimum absolute atomic E-state index is 0.125. The maximum Gasteiger partial charge on any atom is 0.335 e. The summed E-state index contributed by atoms with van der Waals surface area (Å²) in [7, 11) is 1.61. The number of aliphatic imine (C=N–C) groups is 1. The number of ether oxygens (including phenoxy) is 1. The van der Waals surface area contributed by atoms with Crippen LogP contribution in [-0.4, -0.2) is 41.9 Å². The number of anilines is 1. The molecule has 27 heavy (non-hydrogen) atoms. The second-order valence-corrected chi connectivity index (χ2v) is 5.89. The number of carboxylic acid groups (broad SMARTS) is 1. The Morgan fingerprint density at radius 3 is 2.22 bits per heavy atom. The van der Waals surface area contributed by atoms with Crippen LogP contribution in [-0.2, 0) is 0 Å². The van der Waals surface area contributed by atoms with Crippen molar-refractivity contribution in [2.24, 2.45) is 4.99 Å². The zero-order valence-electron chi connectivity index (χ0n) is 15.9. The molecule has 0 heterocycles. The van der Waals surface area contributed by atoms with Gasteiger partial charge in [0.25, 0.3) is 0 Å². The van der Waals surface area contributed by atoms with Crippen molar-refractivity contribution < 1.29 is 14.6 Å². The maximum atomic E-state index is 11.1. The minimum Gasteiger partial charge on any atom is -0.497 e. The number of hydrogen-bond donors (Lipinski definition) is 2. The van der Waals surface area contributed by atoms with Gasteiger partial charge < -0.3 is 20.5 Å². The van der Waals surface area contributed by atoms with Crippen LogP contribution >= 0.6 is 0 Å². The fourth-order valence-electron chi connectivity index (χ4n) is 2.71. The Bertz CT molecular complexity index is 853. The summed E-state index contributed by atoms with van der Waals surface area (Å²) in [6.07, 6.45) is 0. The lowest BCUT2D eigenvalue weighted by Crippen LogP contribution is -2.27. The molecular weight excluding hydrogens is 342 g/mol. The summed E-state index contributed by atoms with van der Waals surface area (Å²) in [4.78, 5) is 17.9. The van der Waals surface area contributed by atoms with E-state index in [9.17, 15) is 4.79 Å². The highest BCUT2D eigenvalue weighted by Gasteiger charge is 2.15. The van der Waals surface area contributed by atoms with Gasteiger partial charge >= 0.3 is 5.97 Å². The van der Waals surface area contributed by atoms with Gasteiger partial charge in [-0.15, -0.1) is 0 Å². The van der Waals surface area contributed by atoms with E-state index in [2.05, 4.69) is 25.3 Å². The molecule has 0 aliphatic rings. The molecule has 0 bridgehead atoms. The normalized spacial score (nSPS) is 11.1. The number of nitrogens with two attached hydrogens (primary N) is 1. The number of rotatable bonds is 8. The van der Waals surface area contributed by atoms with Gasteiger partial charge in [0.2, 0.25) is 0 Å². The first-order valence-corrected chi connectivity index (χ1v) is 8.71. The number of allylic oxidation sites excluding steroid dienone is 1. The summed E-state index contributed by atoms with van der Waals surface area (Å²) < 4.78 is 5.22. The lowest BCUT2D eigenvalue weighted by atomic mass is 10.1. The van der Waals surface area contributed by atoms with Gasteiger partial charge in [0.05, 0.1) is 35.5 Å². The molecule has 0 fully saturated rings. The monoisotopic (exact) mass is 367 g/mol. The molecule has 0 saturated carbocycles. The molecule has 6 heteroatoms. The average Bonchev–Trinajstić information content (AvgIpc) is 2.67. The molecule has 0 unspecified atom stereocenters. The van der Waals surface area contributed by atoms with Crippen LogP contribution < -0.4 is 10.5 Å². The summed E-state index contributed by atoms with van der Waals surface area (Å²) in [5.74, 6) is -0.281. The van der Waals surface area contributed by atoms with Crippen LogP contribution in [0.5, 0.6) is 5.75 Å². The highest BCUT2D eigenvalue weighted by atomic mass is 16.5. The molecule has 0 aliphatic carbocycles. The largest absolute Gasteiger partial charge is 0.497 e. The number of nitrogens with zero attached hydrogens (tertiary/aromatic N) is 2. The first-order valence-electron chi connectivity index (χ1n) is 8.71. The Morgan fingerprint density at radius 2 is 1.74 bits per heavy atom. The molecule has 0 atom stereocenters. The Morgan fingerprint density at radius 1 is 1.15 bits per heavy atom. The van der Waals surface area contributed by atoms with Crippen LogP contribution in [0.25, 0.3) is 0 Å². The molecule has 0 spiro atoms. The van der Waals surface area contributed by atoms with E-state index in [1.165, 1.54) is 12.1 Å². The number of methoxy groups -OCH3 is 1. The number of hydrogen-bond acceptors (Lipinski definition) is 5. The molecule has 142 valence electrons. The van der Waals surface area contributed by atoms with Gasteiger partial charge in [0.15, 0.2) is 0 Å². The molecule has 0 radical (unpaired) electrons. The van der Waals surface area contributed by atoms with Crippen molar-refractivity contribution in [3.63, 3.8) is 0 Å². The molecule has 2 rings (SSSR count). The molecule has 3 N–H and O–H groups in total. The molecule has 2 aromatic rings. The third kappa shape index (κ3) is 4.67. The van der Waals surface area contributed by atoms with Crippen molar-refractivity contribution in [1.82, 2.24) is 4.90 Å². The van der Waals surface area contributed by atoms with E-state index < -0.39 is 5.97 Å². The number of aromatic carboxylic acids is 1. The van der Waals surface area contributed by atoms with Gasteiger partial charge in [0.1, 0.15) is 5.75 Å². The third-order valence-electron chi connectivity index (χ3n) is 4.29. The molecular formula is C21H25N3O3. The molecule has 2 aromatic carbocycles. The van der Waals surface area contributed by atoms with Gasteiger partial charge in [-0.1, -0.05) is 6.58 Å². The van der Waals surface area contributed by atoms with Gasteiger partial charge in [-0.2, -0.15) is 0 Å². The minimum atomic E-state index is -1.03. The number of likely N-dealkylation sites (N-methyl/N-ethyl adjacent to an activating group) is 1. The van der Waals surface area contributed by atoms with Crippen LogP contribution in [0, 0.1) is 0 Å². The van der Waals surface area contributed by atoms with Crippen molar-refractivity contribution in [3.8, 4) is 5.75 Å². The Balaban J connectivity index is 2.55. The molecule has 0 aliphatic heterocycles. The van der Waals surface area contributed by atoms with E-state index in [0.29, 0.717) is 17.1 Å². The van der Waals surface area contributed by atoms with Crippen molar-refractivity contribution in [2.45, 2.75) is 13.8 Å². The number of carbonyl (C=O) groups is 1. The Hall–Kier alpha value is -3.28. The van der Waals surface area contributed by atoms with Crippen molar-refractivity contribution in [2.75, 3.05) is 25.9 Å². The third-order valence-corrected chi connectivity index (χ3v) is 4.29. The highest BCUT2D eigenvalue weighted by Crippen LogP contribution is 2.27. The topological polar surface area (TPSA) is 88.1 Å². The summed E-state index contributed by atoms with van der Waals surface area (Å²) >= 11 is 0. The maximum absolute atomic E-state index is 11.1. The van der Waals surface area contributed by atoms with E-state index in [0.717, 1.165) is 30.1 Å². The van der Waals surface area contributed by atoms with E-state index in [4.69, 9.17) is 20.6 Å². The first-order chi connectivity index (χ1) is 12.9. The predicted octanol–water partition coefficient (Wildman–Crippen LogP) is 3.95. The molecule has 0 aromatic heterocycles.